The number of hydrogen-bond donors (Lipinski definition) is 0. The van der Waals surface area contributed by atoms with Gasteiger partial charge in [0.25, 0.3) is 0 Å². The van der Waals surface area contributed by atoms with Gasteiger partial charge in [-0.2, -0.15) is 0 Å². The van der Waals surface area contributed by atoms with Gasteiger partial charge in [0.15, 0.2) is 0 Å². The third kappa shape index (κ3) is 3.18. The lowest BCUT2D eigenvalue weighted by molar-refractivity contribution is 0.823. The number of allylic oxidation sites excluding steroid dienone is 2. The van der Waals surface area contributed by atoms with Gasteiger partial charge in [0.1, 0.15) is 0 Å². The van der Waals surface area contributed by atoms with Crippen molar-refractivity contribution in [2.45, 2.75) is 47.5 Å². The molecule has 0 aliphatic heterocycles. The molecule has 0 fully saturated rings. The van der Waals surface area contributed by atoms with Crippen LogP contribution in [0.15, 0.2) is 24.4 Å². The predicted molar refractivity (Wildman–Crippen MR) is 88.2 cm³/mol. The molecule has 0 spiro atoms. The Balaban J connectivity index is 2.53. The van der Waals surface area contributed by atoms with E-state index in [-0.39, 0.29) is 0 Å². The van der Waals surface area contributed by atoms with Crippen molar-refractivity contribution in [3.8, 4) is 11.3 Å². The molecular formula is C18H23N3. The summed E-state index contributed by atoms with van der Waals surface area (Å²) in [6.07, 6.45) is 3.96. The topological polar surface area (TPSA) is 38.7 Å². The number of aryl methyl sites for hydroxylation is 2. The smallest absolute Gasteiger partial charge is 0.0937 e. The first-order valence-corrected chi connectivity index (χ1v) is 7.38. The van der Waals surface area contributed by atoms with Crippen LogP contribution in [0.5, 0.6) is 0 Å². The van der Waals surface area contributed by atoms with Crippen LogP contribution in [-0.4, -0.2) is 15.0 Å². The average molecular weight is 281 g/mol. The number of nitrogens with zero attached hydrogens (tertiary/aromatic N) is 3. The summed E-state index contributed by atoms with van der Waals surface area (Å²) in [5.74, 6) is 0.435. The second-order valence-corrected chi connectivity index (χ2v) is 5.69. The molecule has 0 bridgehead atoms. The zero-order valence-corrected chi connectivity index (χ0v) is 13.7. The van der Waals surface area contributed by atoms with E-state index in [2.05, 4.69) is 48.9 Å². The van der Waals surface area contributed by atoms with Crippen LogP contribution < -0.4 is 0 Å². The van der Waals surface area contributed by atoms with Crippen molar-refractivity contribution in [2.75, 3.05) is 0 Å². The summed E-state index contributed by atoms with van der Waals surface area (Å²) in [5.41, 5.74) is 7.06. The van der Waals surface area contributed by atoms with Gasteiger partial charge in [-0.3, -0.25) is 9.97 Å². The van der Waals surface area contributed by atoms with Gasteiger partial charge in [-0.25, -0.2) is 4.98 Å². The van der Waals surface area contributed by atoms with Crippen LogP contribution in [0.25, 0.3) is 16.8 Å². The van der Waals surface area contributed by atoms with Crippen molar-refractivity contribution >= 4 is 5.57 Å². The molecule has 0 aliphatic carbocycles. The lowest BCUT2D eigenvalue weighted by Crippen LogP contribution is -2.02. The Morgan fingerprint density at radius 3 is 2.33 bits per heavy atom. The summed E-state index contributed by atoms with van der Waals surface area (Å²) in [6, 6.07) is 4.16. The third-order valence-electron chi connectivity index (χ3n) is 3.70. The molecule has 2 aromatic rings. The molecule has 0 aromatic carbocycles. The minimum atomic E-state index is 0.435. The highest BCUT2D eigenvalue weighted by Crippen LogP contribution is 2.24. The molecule has 2 heterocycles. The fourth-order valence-corrected chi connectivity index (χ4v) is 2.30. The zero-order valence-electron chi connectivity index (χ0n) is 13.7. The highest BCUT2D eigenvalue weighted by atomic mass is 14.8. The lowest BCUT2D eigenvalue weighted by atomic mass is 10.1. The van der Waals surface area contributed by atoms with Gasteiger partial charge in [-0.15, -0.1) is 0 Å². The summed E-state index contributed by atoms with van der Waals surface area (Å²) >= 11 is 0. The van der Waals surface area contributed by atoms with Gasteiger partial charge in [0, 0.05) is 17.5 Å². The van der Waals surface area contributed by atoms with E-state index in [4.69, 9.17) is 4.98 Å². The van der Waals surface area contributed by atoms with E-state index in [9.17, 15) is 0 Å². The molecule has 0 unspecified atom stereocenters. The molecule has 0 N–H and O–H groups in total. The monoisotopic (exact) mass is 281 g/mol. The zero-order chi connectivity index (χ0) is 15.6. The van der Waals surface area contributed by atoms with Crippen molar-refractivity contribution in [2.24, 2.45) is 0 Å². The van der Waals surface area contributed by atoms with Crippen LogP contribution in [0.3, 0.4) is 0 Å². The number of pyridine rings is 1. The van der Waals surface area contributed by atoms with Gasteiger partial charge < -0.3 is 0 Å². The maximum Gasteiger partial charge on any atom is 0.0937 e. The van der Waals surface area contributed by atoms with E-state index < -0.39 is 0 Å². The van der Waals surface area contributed by atoms with Crippen LogP contribution in [0, 0.1) is 13.8 Å². The molecule has 0 saturated heterocycles. The van der Waals surface area contributed by atoms with Crippen LogP contribution in [0.4, 0.5) is 0 Å². The Morgan fingerprint density at radius 2 is 1.81 bits per heavy atom. The molecule has 2 aromatic heterocycles. The van der Waals surface area contributed by atoms with E-state index in [0.717, 1.165) is 39.6 Å². The van der Waals surface area contributed by atoms with Gasteiger partial charge in [-0.1, -0.05) is 19.9 Å². The molecule has 3 nitrogen and oxygen atoms in total. The molecule has 0 saturated carbocycles. The number of aromatic nitrogens is 3. The predicted octanol–water partition coefficient (Wildman–Crippen LogP) is 4.70. The first kappa shape index (κ1) is 15.4. The van der Waals surface area contributed by atoms with Gasteiger partial charge in [-0.05, 0) is 51.3 Å². The number of rotatable bonds is 3. The highest BCUT2D eigenvalue weighted by Gasteiger charge is 2.12. The maximum absolute atomic E-state index is 4.82. The summed E-state index contributed by atoms with van der Waals surface area (Å²) in [7, 11) is 0. The third-order valence-corrected chi connectivity index (χ3v) is 3.70. The molecule has 0 radical (unpaired) electrons. The van der Waals surface area contributed by atoms with Crippen LogP contribution in [-0.2, 0) is 0 Å². The van der Waals surface area contributed by atoms with Gasteiger partial charge >= 0.3 is 0 Å². The largest absolute Gasteiger partial charge is 0.260 e. The Labute approximate surface area is 127 Å². The average Bonchev–Trinajstić information content (AvgIpc) is 2.47. The van der Waals surface area contributed by atoms with Crippen molar-refractivity contribution in [3.05, 3.63) is 47.2 Å². The Morgan fingerprint density at radius 1 is 1.10 bits per heavy atom. The summed E-state index contributed by atoms with van der Waals surface area (Å²) in [5, 5.41) is 0. The molecule has 0 amide bonds. The van der Waals surface area contributed by atoms with E-state index in [1.807, 2.05) is 27.0 Å². The van der Waals surface area contributed by atoms with E-state index in [1.54, 1.807) is 0 Å². The van der Waals surface area contributed by atoms with Crippen LogP contribution in [0.1, 0.15) is 56.4 Å². The van der Waals surface area contributed by atoms with Crippen LogP contribution in [0.2, 0.25) is 0 Å². The lowest BCUT2D eigenvalue weighted by Gasteiger charge is -2.11. The SMILES string of the molecule is C/C=C(/C)c1nc(-c2ccc(C(C)C)nc2)c(C)nc1C. The van der Waals surface area contributed by atoms with E-state index in [0.29, 0.717) is 5.92 Å². The van der Waals surface area contributed by atoms with Crippen LogP contribution >= 0.6 is 0 Å². The van der Waals surface area contributed by atoms with Gasteiger partial charge in [0.2, 0.25) is 0 Å². The fourth-order valence-electron chi connectivity index (χ4n) is 2.30. The van der Waals surface area contributed by atoms with Crippen molar-refractivity contribution in [1.29, 1.82) is 0 Å². The maximum atomic E-state index is 4.82. The molecule has 0 atom stereocenters. The van der Waals surface area contributed by atoms with Crippen molar-refractivity contribution < 1.29 is 0 Å². The number of hydrogen-bond acceptors (Lipinski definition) is 3. The Bertz CT molecular complexity index is 668. The summed E-state index contributed by atoms with van der Waals surface area (Å²) in [4.78, 5) is 14.0. The van der Waals surface area contributed by atoms with E-state index >= 15 is 0 Å². The van der Waals surface area contributed by atoms with Gasteiger partial charge in [0.05, 0.1) is 22.8 Å². The normalized spacial score (nSPS) is 12.0. The minimum absolute atomic E-state index is 0.435. The molecule has 0 aliphatic rings. The van der Waals surface area contributed by atoms with E-state index in [1.165, 1.54) is 0 Å². The Hall–Kier alpha value is -2.03. The molecule has 21 heavy (non-hydrogen) atoms. The Kier molecular flexibility index (Phi) is 4.51. The quantitative estimate of drug-likeness (QED) is 0.818. The molecule has 110 valence electrons. The summed E-state index contributed by atoms with van der Waals surface area (Å²) in [6.45, 7) is 12.4. The standard InChI is InChI=1S/C18H23N3/c1-7-12(4)17-13(5)20-14(6)18(21-17)15-8-9-16(11(2)3)19-10-15/h7-11H,1-6H3/b12-7-. The fraction of sp³-hybridized carbons (Fsp3) is 0.389. The summed E-state index contributed by atoms with van der Waals surface area (Å²) < 4.78 is 0. The first-order valence-electron chi connectivity index (χ1n) is 7.38. The van der Waals surface area contributed by atoms with Crippen molar-refractivity contribution in [1.82, 2.24) is 15.0 Å². The molecular weight excluding hydrogens is 258 g/mol. The molecule has 3 heteroatoms. The highest BCUT2D eigenvalue weighted by molar-refractivity contribution is 5.67. The first-order chi connectivity index (χ1) is 9.93. The molecule has 2 rings (SSSR count). The second-order valence-electron chi connectivity index (χ2n) is 5.69. The van der Waals surface area contributed by atoms with Crippen molar-refractivity contribution in [3.63, 3.8) is 0 Å². The second kappa shape index (κ2) is 6.17. The minimum Gasteiger partial charge on any atom is -0.260 e.